The molecular formula is C21H30ClN5O9P2. The topological polar surface area (TPSA) is 209 Å². The van der Waals surface area contributed by atoms with Gasteiger partial charge in [0.25, 0.3) is 0 Å². The number of nitrogens with one attached hydrogen (secondary N) is 1. The number of aliphatic hydroxyl groups excluding tert-OH is 2. The van der Waals surface area contributed by atoms with Crippen molar-refractivity contribution in [1.82, 2.24) is 19.5 Å². The molecule has 14 nitrogen and oxygen atoms in total. The van der Waals surface area contributed by atoms with E-state index in [1.54, 1.807) is 0 Å². The van der Waals surface area contributed by atoms with Gasteiger partial charge in [-0.15, -0.1) is 0 Å². The Balaban J connectivity index is 1.23. The first kappa shape index (κ1) is 27.0. The molecule has 5 fully saturated rings. The Hall–Kier alpha value is -1.18. The lowest BCUT2D eigenvalue weighted by atomic mass is 9.53. The molecule has 1 aliphatic heterocycles. The Morgan fingerprint density at radius 1 is 1.08 bits per heavy atom. The SMILES string of the molecule is O=P(O)(O)CP(=O)(O)OCC1OC(n2cnc3c(NC45CC6CC(CC(C6)C4)C5)nc(Cl)nc32)C(O)C1O. The molecule has 17 heteroatoms. The standard InChI is InChI=1S/C21H30ClN5O9P2/c22-20-24-17(26-21-4-10-1-11(5-21)3-12(2-10)6-21)14-18(25-20)27(8-23-14)19-16(29)15(28)13(36-19)7-35-38(33,34)9-37(30,31)32/h8,10-13,15-16,19,28-29H,1-7,9H2,(H,33,34)(H,24,25,26)(H2,30,31,32). The van der Waals surface area contributed by atoms with Crippen LogP contribution in [0.4, 0.5) is 5.82 Å². The van der Waals surface area contributed by atoms with Crippen molar-refractivity contribution in [1.29, 1.82) is 0 Å². The lowest BCUT2D eigenvalue weighted by Gasteiger charge is -2.57. The highest BCUT2D eigenvalue weighted by atomic mass is 35.5. The number of ether oxygens (including phenoxy) is 1. The Bertz CT molecular complexity index is 1300. The minimum atomic E-state index is -4.82. The Morgan fingerprint density at radius 2 is 1.71 bits per heavy atom. The highest BCUT2D eigenvalue weighted by molar-refractivity contribution is 7.70. The van der Waals surface area contributed by atoms with Gasteiger partial charge in [0.15, 0.2) is 29.1 Å². The first-order chi connectivity index (χ1) is 17.8. The summed E-state index contributed by atoms with van der Waals surface area (Å²) in [6, 6.07) is 0. The molecule has 0 aromatic carbocycles. The lowest BCUT2D eigenvalue weighted by molar-refractivity contribution is -0.0483. The summed E-state index contributed by atoms with van der Waals surface area (Å²) in [7, 11) is -9.50. The van der Waals surface area contributed by atoms with Gasteiger partial charge in [0.05, 0.1) is 12.9 Å². The summed E-state index contributed by atoms with van der Waals surface area (Å²) in [5.41, 5.74) is 0.622. The van der Waals surface area contributed by atoms with Gasteiger partial charge < -0.3 is 39.5 Å². The number of halogens is 1. The van der Waals surface area contributed by atoms with Crippen LogP contribution in [0.2, 0.25) is 5.28 Å². The third-order valence-electron chi connectivity index (χ3n) is 8.23. The van der Waals surface area contributed by atoms with Crippen LogP contribution in [0.25, 0.3) is 11.2 Å². The molecule has 7 rings (SSSR count). The molecule has 38 heavy (non-hydrogen) atoms. The maximum absolute atomic E-state index is 12.0. The van der Waals surface area contributed by atoms with Gasteiger partial charge in [-0.25, -0.2) is 4.98 Å². The first-order valence-electron chi connectivity index (χ1n) is 12.5. The van der Waals surface area contributed by atoms with Crippen LogP contribution in [-0.2, 0) is 18.4 Å². The third-order valence-corrected chi connectivity index (χ3v) is 11.9. The van der Waals surface area contributed by atoms with E-state index >= 15 is 0 Å². The van der Waals surface area contributed by atoms with E-state index in [2.05, 4.69) is 20.3 Å². The van der Waals surface area contributed by atoms with E-state index in [1.807, 2.05) is 0 Å². The third kappa shape index (κ3) is 5.16. The van der Waals surface area contributed by atoms with Crippen molar-refractivity contribution in [2.45, 2.75) is 68.6 Å². The largest absolute Gasteiger partial charge is 0.387 e. The average Bonchev–Trinajstić information content (AvgIpc) is 3.30. The zero-order valence-electron chi connectivity index (χ0n) is 20.2. The molecular weight excluding hydrogens is 564 g/mol. The molecule has 2 aromatic heterocycles. The minimum absolute atomic E-state index is 0.0296. The van der Waals surface area contributed by atoms with Crippen molar-refractivity contribution in [2.24, 2.45) is 17.8 Å². The number of anilines is 1. The fraction of sp³-hybridized carbons (Fsp3) is 0.762. The number of fused-ring (bicyclic) bond motifs is 1. The van der Waals surface area contributed by atoms with Gasteiger partial charge in [-0.2, -0.15) is 9.97 Å². The molecule has 6 N–H and O–H groups in total. The molecule has 4 bridgehead atoms. The highest BCUT2D eigenvalue weighted by Crippen LogP contribution is 2.57. The number of aromatic nitrogens is 4. The van der Waals surface area contributed by atoms with Crippen molar-refractivity contribution in [3.8, 4) is 0 Å². The summed E-state index contributed by atoms with van der Waals surface area (Å²) in [4.78, 5) is 40.8. The maximum Gasteiger partial charge on any atom is 0.340 e. The zero-order chi connectivity index (χ0) is 27.0. The molecule has 0 radical (unpaired) electrons. The van der Waals surface area contributed by atoms with Crippen LogP contribution in [-0.4, -0.2) is 80.8 Å². The van der Waals surface area contributed by atoms with E-state index in [1.165, 1.54) is 30.2 Å². The van der Waals surface area contributed by atoms with Crippen LogP contribution < -0.4 is 5.32 Å². The molecule has 2 aromatic rings. The molecule has 3 heterocycles. The average molecular weight is 594 g/mol. The monoisotopic (exact) mass is 593 g/mol. The Morgan fingerprint density at radius 3 is 2.32 bits per heavy atom. The van der Waals surface area contributed by atoms with Gasteiger partial charge in [0.1, 0.15) is 18.3 Å². The summed E-state index contributed by atoms with van der Waals surface area (Å²) >= 11 is 6.29. The summed E-state index contributed by atoms with van der Waals surface area (Å²) < 4.78 is 35.0. The number of nitrogens with zero attached hydrogens (tertiary/aromatic N) is 4. The second-order valence-electron chi connectivity index (χ2n) is 11.3. The number of hydrogen-bond acceptors (Lipinski definition) is 10. The highest BCUT2D eigenvalue weighted by Gasteiger charge is 2.51. The first-order valence-corrected chi connectivity index (χ1v) is 16.4. The van der Waals surface area contributed by atoms with Crippen molar-refractivity contribution in [2.75, 3.05) is 17.8 Å². The van der Waals surface area contributed by atoms with Gasteiger partial charge in [-0.3, -0.25) is 13.7 Å². The summed E-state index contributed by atoms with van der Waals surface area (Å²) in [6.45, 7) is -0.691. The van der Waals surface area contributed by atoms with Crippen LogP contribution >= 0.6 is 26.8 Å². The molecule has 0 spiro atoms. The summed E-state index contributed by atoms with van der Waals surface area (Å²) in [5, 5.41) is 24.8. The molecule has 4 saturated carbocycles. The van der Waals surface area contributed by atoms with Gasteiger partial charge in [0, 0.05) is 5.54 Å². The number of rotatable bonds is 8. The number of aliphatic hydroxyl groups is 2. The summed E-state index contributed by atoms with van der Waals surface area (Å²) in [6.07, 6.45) is 2.94. The van der Waals surface area contributed by atoms with Crippen molar-refractivity contribution >= 4 is 43.8 Å². The Labute approximate surface area is 222 Å². The van der Waals surface area contributed by atoms with Crippen LogP contribution in [0.15, 0.2) is 6.33 Å². The minimum Gasteiger partial charge on any atom is -0.387 e. The fourth-order valence-corrected chi connectivity index (χ4v) is 9.97. The Kier molecular flexibility index (Phi) is 6.71. The van der Waals surface area contributed by atoms with Crippen LogP contribution in [0, 0.1) is 17.8 Å². The fourth-order valence-electron chi connectivity index (χ4n) is 7.24. The maximum atomic E-state index is 12.0. The molecule has 5 unspecified atom stereocenters. The van der Waals surface area contributed by atoms with Crippen molar-refractivity contribution < 1.29 is 43.3 Å². The van der Waals surface area contributed by atoms with Gasteiger partial charge in [-0.05, 0) is 67.9 Å². The zero-order valence-corrected chi connectivity index (χ0v) is 22.8. The van der Waals surface area contributed by atoms with E-state index in [0.29, 0.717) is 29.1 Å². The van der Waals surface area contributed by atoms with E-state index in [-0.39, 0.29) is 16.5 Å². The van der Waals surface area contributed by atoms with E-state index in [4.69, 9.17) is 30.6 Å². The normalized spacial score (nSPS) is 38.1. The molecule has 1 saturated heterocycles. The second kappa shape index (κ2) is 9.44. The van der Waals surface area contributed by atoms with Gasteiger partial charge in [-0.1, -0.05) is 0 Å². The molecule has 210 valence electrons. The molecule has 5 aliphatic rings. The van der Waals surface area contributed by atoms with E-state index < -0.39 is 52.2 Å². The number of hydrogen-bond donors (Lipinski definition) is 6. The molecule has 5 atom stereocenters. The van der Waals surface area contributed by atoms with E-state index in [0.717, 1.165) is 19.3 Å². The number of imidazole rings is 1. The quantitative estimate of drug-likeness (QED) is 0.191. The van der Waals surface area contributed by atoms with Crippen LogP contribution in [0.3, 0.4) is 0 Å². The van der Waals surface area contributed by atoms with Gasteiger partial charge >= 0.3 is 15.2 Å². The van der Waals surface area contributed by atoms with Crippen molar-refractivity contribution in [3.05, 3.63) is 11.6 Å². The predicted molar refractivity (Wildman–Crippen MR) is 133 cm³/mol. The predicted octanol–water partition coefficient (Wildman–Crippen LogP) is 1.82. The molecule has 0 amide bonds. The second-order valence-corrected chi connectivity index (χ2v) is 15.6. The van der Waals surface area contributed by atoms with E-state index in [9.17, 15) is 24.2 Å². The molecule has 4 aliphatic carbocycles. The summed E-state index contributed by atoms with van der Waals surface area (Å²) in [5.74, 6) is 1.23. The van der Waals surface area contributed by atoms with Gasteiger partial charge in [0.2, 0.25) is 5.28 Å². The van der Waals surface area contributed by atoms with Crippen molar-refractivity contribution in [3.63, 3.8) is 0 Å². The van der Waals surface area contributed by atoms with Crippen LogP contribution in [0.1, 0.15) is 44.8 Å². The lowest BCUT2D eigenvalue weighted by Crippen LogP contribution is -2.54. The van der Waals surface area contributed by atoms with Crippen LogP contribution in [0.5, 0.6) is 0 Å². The smallest absolute Gasteiger partial charge is 0.340 e.